The lowest BCUT2D eigenvalue weighted by Gasteiger charge is -2.03. The van der Waals surface area contributed by atoms with Crippen molar-refractivity contribution in [3.63, 3.8) is 0 Å². The molecular weight excluding hydrogens is 187 g/mol. The molecule has 0 saturated carbocycles. The quantitative estimate of drug-likeness (QED) is 0.639. The maximum absolute atomic E-state index is 13.3. The second-order valence-corrected chi connectivity index (χ2v) is 3.04. The number of methoxy groups -OCH3 is 1. The molecule has 4 heteroatoms. The molecule has 0 aromatic heterocycles. The van der Waals surface area contributed by atoms with E-state index < -0.39 is 11.8 Å². The van der Waals surface area contributed by atoms with Crippen molar-refractivity contribution in [1.82, 2.24) is 0 Å². The highest BCUT2D eigenvalue weighted by molar-refractivity contribution is 5.89. The van der Waals surface area contributed by atoms with Crippen LogP contribution in [0.5, 0.6) is 5.75 Å². The second-order valence-electron chi connectivity index (χ2n) is 3.04. The Morgan fingerprint density at radius 2 is 2.36 bits per heavy atom. The van der Waals surface area contributed by atoms with Crippen molar-refractivity contribution < 1.29 is 18.7 Å². The standard InChI is InChI=1S/C10H9FO3/c1-13-10(12)7-4-6-2-3-14-9(6)8(11)5-7/h4-5H,2-3H2,1H3. The summed E-state index contributed by atoms with van der Waals surface area (Å²) >= 11 is 0. The van der Waals surface area contributed by atoms with Crippen LogP contribution < -0.4 is 4.74 Å². The molecule has 0 unspecified atom stereocenters. The van der Waals surface area contributed by atoms with Gasteiger partial charge in [0.2, 0.25) is 0 Å². The van der Waals surface area contributed by atoms with Crippen molar-refractivity contribution in [2.24, 2.45) is 0 Å². The van der Waals surface area contributed by atoms with Crippen molar-refractivity contribution >= 4 is 5.97 Å². The number of benzene rings is 1. The molecule has 1 heterocycles. The zero-order valence-electron chi connectivity index (χ0n) is 7.67. The van der Waals surface area contributed by atoms with Crippen LogP contribution in [-0.4, -0.2) is 19.7 Å². The van der Waals surface area contributed by atoms with Gasteiger partial charge in [-0.3, -0.25) is 0 Å². The van der Waals surface area contributed by atoms with Crippen LogP contribution in [0, 0.1) is 5.82 Å². The van der Waals surface area contributed by atoms with Crippen molar-refractivity contribution in [2.45, 2.75) is 6.42 Å². The van der Waals surface area contributed by atoms with Crippen LogP contribution in [0.15, 0.2) is 12.1 Å². The van der Waals surface area contributed by atoms with E-state index in [0.717, 1.165) is 11.6 Å². The number of rotatable bonds is 1. The molecule has 14 heavy (non-hydrogen) atoms. The summed E-state index contributed by atoms with van der Waals surface area (Å²) in [6.07, 6.45) is 0.636. The zero-order chi connectivity index (χ0) is 10.1. The first-order chi connectivity index (χ1) is 6.72. The Morgan fingerprint density at radius 1 is 1.57 bits per heavy atom. The Balaban J connectivity index is 2.46. The lowest BCUT2D eigenvalue weighted by Crippen LogP contribution is -2.02. The fourth-order valence-corrected chi connectivity index (χ4v) is 1.50. The highest BCUT2D eigenvalue weighted by Crippen LogP contribution is 2.29. The average Bonchev–Trinajstić information content (AvgIpc) is 2.64. The first kappa shape index (κ1) is 8.99. The molecule has 0 spiro atoms. The van der Waals surface area contributed by atoms with Crippen LogP contribution in [0.3, 0.4) is 0 Å². The summed E-state index contributed by atoms with van der Waals surface area (Å²) in [5.74, 6) is -0.767. The number of hydrogen-bond acceptors (Lipinski definition) is 3. The van der Waals surface area contributed by atoms with Gasteiger partial charge in [0.15, 0.2) is 11.6 Å². The van der Waals surface area contributed by atoms with Gasteiger partial charge in [0.05, 0.1) is 19.3 Å². The molecule has 3 nitrogen and oxygen atoms in total. The Hall–Kier alpha value is -1.58. The molecule has 1 aromatic carbocycles. The van der Waals surface area contributed by atoms with Gasteiger partial charge in [-0.1, -0.05) is 0 Å². The van der Waals surface area contributed by atoms with E-state index >= 15 is 0 Å². The van der Waals surface area contributed by atoms with Gasteiger partial charge in [-0.25, -0.2) is 9.18 Å². The van der Waals surface area contributed by atoms with E-state index in [1.54, 1.807) is 6.07 Å². The molecule has 1 aromatic rings. The Bertz CT molecular complexity index is 387. The van der Waals surface area contributed by atoms with E-state index in [2.05, 4.69) is 4.74 Å². The number of ether oxygens (including phenoxy) is 2. The van der Waals surface area contributed by atoms with Crippen LogP contribution >= 0.6 is 0 Å². The molecule has 0 radical (unpaired) electrons. The van der Waals surface area contributed by atoms with Gasteiger partial charge in [0, 0.05) is 12.0 Å². The molecule has 0 bridgehead atoms. The minimum Gasteiger partial charge on any atom is -0.490 e. The summed E-state index contributed by atoms with van der Waals surface area (Å²) in [5, 5.41) is 0. The predicted octanol–water partition coefficient (Wildman–Crippen LogP) is 1.55. The average molecular weight is 196 g/mol. The van der Waals surface area contributed by atoms with E-state index in [0.29, 0.717) is 13.0 Å². The molecular formula is C10H9FO3. The fraction of sp³-hybridized carbons (Fsp3) is 0.300. The third-order valence-electron chi connectivity index (χ3n) is 2.16. The fourth-order valence-electron chi connectivity index (χ4n) is 1.50. The lowest BCUT2D eigenvalue weighted by atomic mass is 10.1. The monoisotopic (exact) mass is 196 g/mol. The van der Waals surface area contributed by atoms with Crippen LogP contribution in [0.25, 0.3) is 0 Å². The highest BCUT2D eigenvalue weighted by Gasteiger charge is 2.20. The lowest BCUT2D eigenvalue weighted by molar-refractivity contribution is 0.0600. The van der Waals surface area contributed by atoms with Crippen LogP contribution in [0.2, 0.25) is 0 Å². The van der Waals surface area contributed by atoms with Crippen molar-refractivity contribution in [3.8, 4) is 5.75 Å². The van der Waals surface area contributed by atoms with Crippen molar-refractivity contribution in [1.29, 1.82) is 0 Å². The van der Waals surface area contributed by atoms with Crippen LogP contribution in [0.1, 0.15) is 15.9 Å². The number of fused-ring (bicyclic) bond motifs is 1. The van der Waals surface area contributed by atoms with E-state index in [9.17, 15) is 9.18 Å². The van der Waals surface area contributed by atoms with Gasteiger partial charge in [0.1, 0.15) is 0 Å². The molecule has 74 valence electrons. The Morgan fingerprint density at radius 3 is 3.07 bits per heavy atom. The number of esters is 1. The maximum Gasteiger partial charge on any atom is 0.337 e. The van der Waals surface area contributed by atoms with Gasteiger partial charge < -0.3 is 9.47 Å². The van der Waals surface area contributed by atoms with Crippen LogP contribution in [-0.2, 0) is 11.2 Å². The number of hydrogen-bond donors (Lipinski definition) is 0. The van der Waals surface area contributed by atoms with Gasteiger partial charge >= 0.3 is 5.97 Å². The topological polar surface area (TPSA) is 35.5 Å². The van der Waals surface area contributed by atoms with Gasteiger partial charge in [-0.05, 0) is 12.1 Å². The SMILES string of the molecule is COC(=O)c1cc(F)c2c(c1)CCO2. The zero-order valence-corrected chi connectivity index (χ0v) is 7.67. The van der Waals surface area contributed by atoms with Gasteiger partial charge in [-0.15, -0.1) is 0 Å². The van der Waals surface area contributed by atoms with E-state index in [1.165, 1.54) is 7.11 Å². The Labute approximate surface area is 80.4 Å². The molecule has 0 atom stereocenters. The molecule has 0 aliphatic carbocycles. The second kappa shape index (κ2) is 3.29. The van der Waals surface area contributed by atoms with Crippen molar-refractivity contribution in [2.75, 3.05) is 13.7 Å². The molecule has 0 N–H and O–H groups in total. The number of carbonyl (C=O) groups excluding carboxylic acids is 1. The Kier molecular flexibility index (Phi) is 2.11. The van der Waals surface area contributed by atoms with Gasteiger partial charge in [-0.2, -0.15) is 0 Å². The molecule has 1 aliphatic heterocycles. The smallest absolute Gasteiger partial charge is 0.337 e. The van der Waals surface area contributed by atoms with E-state index in [4.69, 9.17) is 4.74 Å². The third-order valence-corrected chi connectivity index (χ3v) is 2.16. The molecule has 0 saturated heterocycles. The van der Waals surface area contributed by atoms with Gasteiger partial charge in [0.25, 0.3) is 0 Å². The number of carbonyl (C=O) groups is 1. The minimum absolute atomic E-state index is 0.231. The third kappa shape index (κ3) is 1.32. The molecule has 0 amide bonds. The summed E-state index contributed by atoms with van der Waals surface area (Å²) in [5.41, 5.74) is 0.958. The maximum atomic E-state index is 13.3. The predicted molar refractivity (Wildman–Crippen MR) is 46.9 cm³/mol. The first-order valence-corrected chi connectivity index (χ1v) is 4.26. The van der Waals surface area contributed by atoms with Crippen LogP contribution in [0.4, 0.5) is 4.39 Å². The summed E-state index contributed by atoms with van der Waals surface area (Å²) in [7, 11) is 1.27. The van der Waals surface area contributed by atoms with E-state index in [1.807, 2.05) is 0 Å². The normalized spacial score (nSPS) is 13.3. The molecule has 2 rings (SSSR count). The summed E-state index contributed by atoms with van der Waals surface area (Å²) < 4.78 is 22.9. The van der Waals surface area contributed by atoms with Crippen molar-refractivity contribution in [3.05, 3.63) is 29.1 Å². The summed E-state index contributed by atoms with van der Waals surface area (Å²) in [4.78, 5) is 11.1. The van der Waals surface area contributed by atoms with E-state index in [-0.39, 0.29) is 11.3 Å². The molecule has 1 aliphatic rings. The molecule has 0 fully saturated rings. The minimum atomic E-state index is -0.529. The highest BCUT2D eigenvalue weighted by atomic mass is 19.1. The summed E-state index contributed by atoms with van der Waals surface area (Å²) in [6, 6.07) is 2.74. The number of halogens is 1. The first-order valence-electron chi connectivity index (χ1n) is 4.26. The summed E-state index contributed by atoms with van der Waals surface area (Å²) in [6.45, 7) is 0.469. The largest absolute Gasteiger partial charge is 0.490 e.